The van der Waals surface area contributed by atoms with Crippen molar-refractivity contribution in [2.45, 2.75) is 0 Å². The van der Waals surface area contributed by atoms with E-state index in [1.54, 1.807) is 38.5 Å². The first-order valence-electron chi connectivity index (χ1n) is 11.0. The van der Waals surface area contributed by atoms with Crippen LogP contribution in [0.1, 0.15) is 0 Å². The van der Waals surface area contributed by atoms with Crippen molar-refractivity contribution in [1.29, 1.82) is 0 Å². The lowest BCUT2D eigenvalue weighted by molar-refractivity contribution is 0.382. The van der Waals surface area contributed by atoms with Crippen LogP contribution in [0.15, 0.2) is 84.9 Å². The third-order valence-electron chi connectivity index (χ3n) is 5.98. The number of para-hydroxylation sites is 2. The fraction of sp³-hybridized carbons (Fsp3) is 0.0714. The van der Waals surface area contributed by atoms with Crippen LogP contribution in [0.4, 0.5) is 0 Å². The van der Waals surface area contributed by atoms with Gasteiger partial charge in [-0.05, 0) is 30.3 Å². The summed E-state index contributed by atoms with van der Waals surface area (Å²) >= 11 is 0. The van der Waals surface area contributed by atoms with Crippen molar-refractivity contribution in [3.8, 4) is 34.8 Å². The van der Waals surface area contributed by atoms with E-state index in [0.717, 1.165) is 27.2 Å². The Balaban J connectivity index is 1.53. The summed E-state index contributed by atoms with van der Waals surface area (Å²) in [7, 11) is 3.20. The summed E-state index contributed by atoms with van der Waals surface area (Å²) in [5, 5.41) is 13.2. The van der Waals surface area contributed by atoms with E-state index >= 15 is 0 Å². The van der Waals surface area contributed by atoms with Gasteiger partial charge >= 0.3 is 0 Å². The van der Waals surface area contributed by atoms with E-state index in [9.17, 15) is 5.11 Å². The number of phenolic OH excluding ortho intramolecular Hbond substituents is 1. The molecule has 6 aromatic rings. The first-order chi connectivity index (χ1) is 17.1. The van der Waals surface area contributed by atoms with Crippen molar-refractivity contribution < 1.29 is 19.3 Å². The molecule has 6 rings (SSSR count). The first kappa shape index (κ1) is 20.8. The lowest BCUT2D eigenvalue weighted by atomic mass is 10.1. The smallest absolute Gasteiger partial charge is 0.219 e. The molecule has 35 heavy (non-hydrogen) atoms. The van der Waals surface area contributed by atoms with Gasteiger partial charge in [0.25, 0.3) is 0 Å². The molecule has 0 fully saturated rings. The zero-order chi connectivity index (χ0) is 23.9. The van der Waals surface area contributed by atoms with Crippen molar-refractivity contribution in [3.05, 3.63) is 84.9 Å². The van der Waals surface area contributed by atoms with Crippen LogP contribution in [0.3, 0.4) is 0 Å². The lowest BCUT2D eigenvalue weighted by Gasteiger charge is -2.11. The Morgan fingerprint density at radius 1 is 0.686 bits per heavy atom. The summed E-state index contributed by atoms with van der Waals surface area (Å²) in [5.74, 6) is 2.88. The number of hydrogen-bond donors (Lipinski definition) is 1. The Morgan fingerprint density at radius 3 is 2.40 bits per heavy atom. The first-order valence-corrected chi connectivity index (χ1v) is 11.0. The summed E-state index contributed by atoms with van der Waals surface area (Å²) in [6, 6.07) is 26.6. The lowest BCUT2D eigenvalue weighted by Crippen LogP contribution is -2.00. The molecule has 0 saturated heterocycles. The molecule has 0 radical (unpaired) electrons. The number of benzene rings is 3. The van der Waals surface area contributed by atoms with Crippen LogP contribution < -0.4 is 14.2 Å². The van der Waals surface area contributed by atoms with Gasteiger partial charge in [0.05, 0.1) is 25.3 Å². The van der Waals surface area contributed by atoms with Gasteiger partial charge in [-0.25, -0.2) is 4.98 Å². The molecule has 0 aliphatic rings. The van der Waals surface area contributed by atoms with E-state index < -0.39 is 0 Å². The maximum Gasteiger partial charge on any atom is 0.219 e. The predicted molar refractivity (Wildman–Crippen MR) is 135 cm³/mol. The molecule has 172 valence electrons. The van der Waals surface area contributed by atoms with Crippen molar-refractivity contribution in [1.82, 2.24) is 14.5 Å². The van der Waals surface area contributed by atoms with Crippen molar-refractivity contribution in [2.75, 3.05) is 14.2 Å². The highest BCUT2D eigenvalue weighted by Gasteiger charge is 2.16. The molecule has 0 bridgehead atoms. The summed E-state index contributed by atoms with van der Waals surface area (Å²) in [4.78, 5) is 9.17. The quantitative estimate of drug-likeness (QED) is 0.326. The number of ether oxygens (including phenoxy) is 3. The van der Waals surface area contributed by atoms with Crippen LogP contribution in [0.5, 0.6) is 29.0 Å². The van der Waals surface area contributed by atoms with Crippen molar-refractivity contribution in [2.24, 2.45) is 0 Å². The van der Waals surface area contributed by atoms with Crippen LogP contribution in [0.2, 0.25) is 0 Å². The van der Waals surface area contributed by atoms with Crippen LogP contribution in [-0.4, -0.2) is 33.9 Å². The van der Waals surface area contributed by atoms with Gasteiger partial charge in [0.15, 0.2) is 0 Å². The molecule has 0 saturated carbocycles. The minimum absolute atomic E-state index is 0.113. The van der Waals surface area contributed by atoms with Crippen molar-refractivity contribution in [3.63, 3.8) is 0 Å². The number of aromatic hydroxyl groups is 1. The number of phenols is 1. The molecule has 1 N–H and O–H groups in total. The van der Waals surface area contributed by atoms with Gasteiger partial charge in [0.2, 0.25) is 11.8 Å². The zero-order valence-electron chi connectivity index (χ0n) is 19.1. The van der Waals surface area contributed by atoms with Gasteiger partial charge < -0.3 is 19.3 Å². The number of hydrogen-bond acceptors (Lipinski definition) is 6. The van der Waals surface area contributed by atoms with Gasteiger partial charge in [0, 0.05) is 40.4 Å². The van der Waals surface area contributed by atoms with Crippen LogP contribution in [-0.2, 0) is 0 Å². The Morgan fingerprint density at radius 2 is 1.54 bits per heavy atom. The second kappa shape index (κ2) is 8.22. The van der Waals surface area contributed by atoms with E-state index in [1.165, 1.54) is 0 Å². The van der Waals surface area contributed by atoms with Crippen LogP contribution in [0, 0.1) is 0 Å². The van der Waals surface area contributed by atoms with Gasteiger partial charge in [0.1, 0.15) is 28.6 Å². The highest BCUT2D eigenvalue weighted by Crippen LogP contribution is 2.36. The van der Waals surface area contributed by atoms with Crippen molar-refractivity contribution >= 4 is 32.7 Å². The molecule has 0 spiro atoms. The predicted octanol–water partition coefficient (Wildman–Crippen LogP) is 6.24. The normalized spacial score (nSPS) is 11.3. The maximum absolute atomic E-state index is 10.2. The maximum atomic E-state index is 10.2. The highest BCUT2D eigenvalue weighted by molar-refractivity contribution is 6.09. The minimum Gasteiger partial charge on any atom is -0.506 e. The fourth-order valence-corrected chi connectivity index (χ4v) is 4.36. The highest BCUT2D eigenvalue weighted by atomic mass is 16.5. The number of nitrogens with zero attached hydrogens (tertiary/aromatic N) is 3. The molecule has 0 aliphatic carbocycles. The summed E-state index contributed by atoms with van der Waals surface area (Å²) in [6.45, 7) is 0. The number of rotatable bonds is 5. The Labute approximate surface area is 200 Å². The molecule has 3 heterocycles. The average Bonchev–Trinajstić information content (AvgIpc) is 3.22. The molecule has 7 heteroatoms. The zero-order valence-corrected chi connectivity index (χ0v) is 19.1. The fourth-order valence-electron chi connectivity index (χ4n) is 4.36. The molecule has 0 aliphatic heterocycles. The SMILES string of the molecule is COc1cc(OC)nc(-n2c3ccccc3c3ccc(Oc4ccc5cccc(O)c5n4)cc32)c1. The molecule has 0 amide bonds. The number of methoxy groups -OCH3 is 2. The minimum atomic E-state index is 0.113. The third kappa shape index (κ3) is 3.54. The number of pyridine rings is 2. The Kier molecular flexibility index (Phi) is 4.88. The van der Waals surface area contributed by atoms with Gasteiger partial charge in [-0.1, -0.05) is 30.3 Å². The molecule has 7 nitrogen and oxygen atoms in total. The van der Waals surface area contributed by atoms with E-state index in [4.69, 9.17) is 14.2 Å². The van der Waals surface area contributed by atoms with Crippen LogP contribution >= 0.6 is 0 Å². The molecular formula is C28H21N3O4. The molecule has 0 atom stereocenters. The second-order valence-electron chi connectivity index (χ2n) is 8.04. The number of fused-ring (bicyclic) bond motifs is 4. The van der Waals surface area contributed by atoms with Gasteiger partial charge in [-0.2, -0.15) is 4.98 Å². The molecule has 3 aromatic heterocycles. The van der Waals surface area contributed by atoms with E-state index in [2.05, 4.69) is 26.7 Å². The monoisotopic (exact) mass is 463 g/mol. The summed E-state index contributed by atoms with van der Waals surface area (Å²) in [5.41, 5.74) is 2.40. The standard InChI is InChI=1S/C28H21N3O4/c1-33-19-15-25(29-27(16-19)34-2)31-22-8-4-3-7-20(22)21-12-11-18(14-23(21)31)35-26-13-10-17-6-5-9-24(32)28(17)30-26/h3-16,32H,1-2H3. The topological polar surface area (TPSA) is 78.6 Å². The molecule has 0 unspecified atom stereocenters. The van der Waals surface area contributed by atoms with Gasteiger partial charge in [-0.15, -0.1) is 0 Å². The summed E-state index contributed by atoms with van der Waals surface area (Å²) in [6.07, 6.45) is 0. The summed E-state index contributed by atoms with van der Waals surface area (Å²) < 4.78 is 19.1. The second-order valence-corrected chi connectivity index (χ2v) is 8.04. The third-order valence-corrected chi connectivity index (χ3v) is 5.98. The molecule has 3 aromatic carbocycles. The van der Waals surface area contributed by atoms with Gasteiger partial charge in [-0.3, -0.25) is 4.57 Å². The Bertz CT molecular complexity index is 1700. The van der Waals surface area contributed by atoms with E-state index in [-0.39, 0.29) is 5.75 Å². The van der Waals surface area contributed by atoms with Crippen LogP contribution in [0.25, 0.3) is 38.5 Å². The largest absolute Gasteiger partial charge is 0.506 e. The average molecular weight is 463 g/mol. The van der Waals surface area contributed by atoms with E-state index in [1.807, 2.05) is 48.5 Å². The molecular weight excluding hydrogens is 442 g/mol. The Hall–Kier alpha value is -4.78. The number of aromatic nitrogens is 3. The van der Waals surface area contributed by atoms with E-state index in [0.29, 0.717) is 34.6 Å².